The molecule has 0 bridgehead atoms. The van der Waals surface area contributed by atoms with Crippen molar-refractivity contribution in [2.45, 2.75) is 37.3 Å². The summed E-state index contributed by atoms with van der Waals surface area (Å²) in [6.07, 6.45) is 2.91. The average Bonchev–Trinajstić information content (AvgIpc) is 2.78. The Balaban J connectivity index is 2.98. The standard InChI is InChI=1S/C18H34N4O8/c23-5-15(6-24)21(16(7-25)8-26)3-13-1-19-14(2-20-13)4-22(17(9-27)10-28)18(11-29)12-30/h1-2,15-18,23-30H,3-12H2. The van der Waals surface area contributed by atoms with Gasteiger partial charge in [0.2, 0.25) is 0 Å². The van der Waals surface area contributed by atoms with Crippen LogP contribution < -0.4 is 0 Å². The topological polar surface area (TPSA) is 194 Å². The third kappa shape index (κ3) is 7.42. The van der Waals surface area contributed by atoms with Gasteiger partial charge < -0.3 is 40.9 Å². The number of aliphatic hydroxyl groups is 8. The van der Waals surface area contributed by atoms with Crippen molar-refractivity contribution in [1.82, 2.24) is 19.8 Å². The Morgan fingerprint density at radius 3 is 0.900 bits per heavy atom. The number of aromatic nitrogens is 2. The Labute approximate surface area is 175 Å². The molecule has 1 aromatic rings. The summed E-state index contributed by atoms with van der Waals surface area (Å²) in [6.45, 7) is -2.77. The smallest absolute Gasteiger partial charge is 0.0727 e. The van der Waals surface area contributed by atoms with E-state index in [1.54, 1.807) is 0 Å². The number of rotatable bonds is 16. The maximum atomic E-state index is 9.47. The van der Waals surface area contributed by atoms with Crippen molar-refractivity contribution in [3.8, 4) is 0 Å². The second-order valence-electron chi connectivity index (χ2n) is 6.92. The van der Waals surface area contributed by atoms with Gasteiger partial charge in [-0.2, -0.15) is 0 Å². The molecule has 12 heteroatoms. The van der Waals surface area contributed by atoms with Crippen LogP contribution in [0.15, 0.2) is 12.4 Å². The lowest BCUT2D eigenvalue weighted by Crippen LogP contribution is -2.50. The number of hydrogen-bond donors (Lipinski definition) is 8. The zero-order chi connectivity index (χ0) is 22.5. The maximum absolute atomic E-state index is 9.47. The first-order valence-corrected chi connectivity index (χ1v) is 9.71. The van der Waals surface area contributed by atoms with Gasteiger partial charge in [-0.25, -0.2) is 0 Å². The van der Waals surface area contributed by atoms with E-state index < -0.39 is 24.2 Å². The van der Waals surface area contributed by atoms with Crippen molar-refractivity contribution < 1.29 is 40.9 Å². The third-order valence-corrected chi connectivity index (χ3v) is 5.01. The van der Waals surface area contributed by atoms with Gasteiger partial charge in [-0.15, -0.1) is 0 Å². The first kappa shape index (κ1) is 26.7. The van der Waals surface area contributed by atoms with Crippen molar-refractivity contribution in [1.29, 1.82) is 0 Å². The summed E-state index contributed by atoms with van der Waals surface area (Å²) in [5.74, 6) is 0. The second-order valence-corrected chi connectivity index (χ2v) is 6.92. The summed E-state index contributed by atoms with van der Waals surface area (Å²) >= 11 is 0. The Bertz CT molecular complexity index is 479. The van der Waals surface area contributed by atoms with Gasteiger partial charge in [0.1, 0.15) is 0 Å². The van der Waals surface area contributed by atoms with Gasteiger partial charge >= 0.3 is 0 Å². The summed E-state index contributed by atoms with van der Waals surface area (Å²) in [5, 5.41) is 75.7. The van der Waals surface area contributed by atoms with E-state index in [4.69, 9.17) is 0 Å². The highest BCUT2D eigenvalue weighted by molar-refractivity contribution is 5.04. The second kappa shape index (κ2) is 14.6. The molecule has 1 aromatic heterocycles. The molecule has 0 aliphatic heterocycles. The van der Waals surface area contributed by atoms with Gasteiger partial charge in [-0.05, 0) is 0 Å². The Morgan fingerprint density at radius 2 is 0.733 bits per heavy atom. The lowest BCUT2D eigenvalue weighted by Gasteiger charge is -2.35. The highest BCUT2D eigenvalue weighted by Crippen LogP contribution is 2.13. The summed E-state index contributed by atoms with van der Waals surface area (Å²) in [5.41, 5.74) is 0.927. The largest absolute Gasteiger partial charge is 0.395 e. The first-order chi connectivity index (χ1) is 14.5. The number of nitrogens with zero attached hydrogens (tertiary/aromatic N) is 4. The minimum atomic E-state index is -0.698. The fraction of sp³-hybridized carbons (Fsp3) is 0.778. The van der Waals surface area contributed by atoms with Crippen LogP contribution >= 0.6 is 0 Å². The zero-order valence-corrected chi connectivity index (χ0v) is 16.9. The molecule has 0 aliphatic carbocycles. The Morgan fingerprint density at radius 1 is 0.500 bits per heavy atom. The molecule has 1 heterocycles. The minimum absolute atomic E-state index is 0.111. The average molecular weight is 434 g/mol. The lowest BCUT2D eigenvalue weighted by molar-refractivity contribution is -0.00556. The molecule has 12 nitrogen and oxygen atoms in total. The predicted octanol–water partition coefficient (Wildman–Crippen LogP) is -4.51. The highest BCUT2D eigenvalue weighted by atomic mass is 16.3. The Kier molecular flexibility index (Phi) is 13.0. The van der Waals surface area contributed by atoms with Crippen LogP contribution in [0.1, 0.15) is 11.4 Å². The molecule has 0 atom stereocenters. The van der Waals surface area contributed by atoms with Gasteiger partial charge in [0, 0.05) is 13.1 Å². The molecule has 1 rings (SSSR count). The van der Waals surface area contributed by atoms with E-state index in [1.807, 2.05) is 0 Å². The van der Waals surface area contributed by atoms with E-state index in [-0.39, 0.29) is 65.9 Å². The molecule has 0 fully saturated rings. The molecule has 0 amide bonds. The molecule has 0 radical (unpaired) electrons. The molecular weight excluding hydrogens is 400 g/mol. The summed E-state index contributed by atoms with van der Waals surface area (Å²) in [6, 6.07) is -2.79. The first-order valence-electron chi connectivity index (χ1n) is 9.71. The van der Waals surface area contributed by atoms with E-state index >= 15 is 0 Å². The third-order valence-electron chi connectivity index (χ3n) is 5.01. The van der Waals surface area contributed by atoms with Crippen molar-refractivity contribution >= 4 is 0 Å². The molecule has 0 saturated heterocycles. The van der Waals surface area contributed by atoms with Crippen LogP contribution in [0.25, 0.3) is 0 Å². The number of hydrogen-bond acceptors (Lipinski definition) is 12. The molecule has 0 unspecified atom stereocenters. The molecule has 0 aliphatic rings. The van der Waals surface area contributed by atoms with Crippen LogP contribution in [-0.4, -0.2) is 138 Å². The highest BCUT2D eigenvalue weighted by Gasteiger charge is 2.27. The normalized spacial score (nSPS) is 12.5. The Hall–Kier alpha value is -1.32. The van der Waals surface area contributed by atoms with E-state index in [0.717, 1.165) is 0 Å². The minimum Gasteiger partial charge on any atom is -0.395 e. The summed E-state index contributed by atoms with van der Waals surface area (Å²) in [4.78, 5) is 11.7. The van der Waals surface area contributed by atoms with Crippen LogP contribution in [0.5, 0.6) is 0 Å². The van der Waals surface area contributed by atoms with Crippen LogP contribution in [0.2, 0.25) is 0 Å². The lowest BCUT2D eigenvalue weighted by atomic mass is 10.1. The zero-order valence-electron chi connectivity index (χ0n) is 16.9. The van der Waals surface area contributed by atoms with Crippen molar-refractivity contribution in [2.24, 2.45) is 0 Å². The molecule has 0 saturated carbocycles. The van der Waals surface area contributed by atoms with Gasteiger partial charge in [-0.3, -0.25) is 19.8 Å². The molecule has 0 spiro atoms. The van der Waals surface area contributed by atoms with E-state index in [9.17, 15) is 40.9 Å². The molecular formula is C18H34N4O8. The maximum Gasteiger partial charge on any atom is 0.0727 e. The van der Waals surface area contributed by atoms with Crippen LogP contribution in [0.4, 0.5) is 0 Å². The van der Waals surface area contributed by atoms with Crippen LogP contribution in [0.3, 0.4) is 0 Å². The van der Waals surface area contributed by atoms with Gasteiger partial charge in [-0.1, -0.05) is 0 Å². The van der Waals surface area contributed by atoms with E-state index in [0.29, 0.717) is 11.4 Å². The molecule has 174 valence electrons. The molecule has 8 N–H and O–H groups in total. The van der Waals surface area contributed by atoms with Gasteiger partial charge in [0.05, 0.1) is 101 Å². The summed E-state index contributed by atoms with van der Waals surface area (Å²) in [7, 11) is 0. The van der Waals surface area contributed by atoms with Crippen LogP contribution in [-0.2, 0) is 13.1 Å². The van der Waals surface area contributed by atoms with Crippen molar-refractivity contribution in [3.05, 3.63) is 23.8 Å². The summed E-state index contributed by atoms with van der Waals surface area (Å²) < 4.78 is 0. The van der Waals surface area contributed by atoms with E-state index in [1.165, 1.54) is 22.2 Å². The monoisotopic (exact) mass is 434 g/mol. The quantitative estimate of drug-likeness (QED) is 0.124. The molecule has 0 aromatic carbocycles. The van der Waals surface area contributed by atoms with Gasteiger partial charge in [0.15, 0.2) is 0 Å². The molecule has 30 heavy (non-hydrogen) atoms. The predicted molar refractivity (Wildman–Crippen MR) is 105 cm³/mol. The van der Waals surface area contributed by atoms with Crippen LogP contribution in [0, 0.1) is 0 Å². The van der Waals surface area contributed by atoms with Crippen molar-refractivity contribution in [2.75, 3.05) is 52.9 Å². The van der Waals surface area contributed by atoms with E-state index in [2.05, 4.69) is 9.97 Å². The fourth-order valence-electron chi connectivity index (χ4n) is 3.10. The van der Waals surface area contributed by atoms with Gasteiger partial charge in [0.25, 0.3) is 0 Å². The SMILES string of the molecule is OCC(CO)N(Cc1cnc(CN(C(CO)CO)C(CO)CO)cn1)C(CO)CO. The number of aliphatic hydroxyl groups excluding tert-OH is 8. The van der Waals surface area contributed by atoms with Crippen molar-refractivity contribution in [3.63, 3.8) is 0 Å². The fourth-order valence-corrected chi connectivity index (χ4v) is 3.10.